The van der Waals surface area contributed by atoms with E-state index in [1.54, 1.807) is 13.3 Å². The van der Waals surface area contributed by atoms with Gasteiger partial charge < -0.3 is 19.6 Å². The minimum Gasteiger partial charge on any atom is -0.481 e. The van der Waals surface area contributed by atoms with Crippen LogP contribution in [-0.4, -0.2) is 54.3 Å². The maximum Gasteiger partial charge on any atom is 0.219 e. The van der Waals surface area contributed by atoms with Crippen LogP contribution in [0, 0.1) is 0 Å². The van der Waals surface area contributed by atoms with E-state index in [0.29, 0.717) is 17.5 Å². The van der Waals surface area contributed by atoms with E-state index in [-0.39, 0.29) is 0 Å². The number of aliphatic hydroxyl groups excluding tert-OH is 1. The molecular weight excluding hydrogens is 338 g/mol. The second kappa shape index (κ2) is 7.87. The first-order chi connectivity index (χ1) is 13.2. The summed E-state index contributed by atoms with van der Waals surface area (Å²) >= 11 is 0. The Kier molecular flexibility index (Phi) is 5.32. The van der Waals surface area contributed by atoms with E-state index in [2.05, 4.69) is 33.8 Å². The quantitative estimate of drug-likeness (QED) is 0.880. The topological polar surface area (TPSA) is 48.8 Å². The highest BCUT2D eigenvalue weighted by Gasteiger charge is 2.30. The Labute approximate surface area is 161 Å². The number of nitrogens with zero attached hydrogens (tertiary/aromatic N) is 3. The molecule has 144 valence electrons. The molecule has 0 bridgehead atoms. The van der Waals surface area contributed by atoms with Crippen molar-refractivity contribution in [3.8, 4) is 5.88 Å². The zero-order valence-electron chi connectivity index (χ0n) is 16.3. The van der Waals surface area contributed by atoms with Crippen molar-refractivity contribution in [2.75, 3.05) is 38.2 Å². The highest BCUT2D eigenvalue weighted by atomic mass is 16.5. The molecule has 4 rings (SSSR count). The summed E-state index contributed by atoms with van der Waals surface area (Å²) in [6.07, 6.45) is 4.48. The third-order valence-electron chi connectivity index (χ3n) is 6.09. The van der Waals surface area contributed by atoms with E-state index in [1.807, 2.05) is 18.2 Å². The zero-order valence-corrected chi connectivity index (χ0v) is 16.3. The van der Waals surface area contributed by atoms with Gasteiger partial charge in [0, 0.05) is 43.1 Å². The van der Waals surface area contributed by atoms with Crippen LogP contribution in [0.5, 0.6) is 5.88 Å². The zero-order chi connectivity index (χ0) is 18.8. The van der Waals surface area contributed by atoms with Crippen LogP contribution in [0.3, 0.4) is 0 Å². The molecule has 5 heteroatoms. The first kappa shape index (κ1) is 18.3. The maximum absolute atomic E-state index is 11.0. The molecular formula is C22H29N3O2. The van der Waals surface area contributed by atoms with Crippen molar-refractivity contribution in [2.24, 2.45) is 0 Å². The fraction of sp³-hybridized carbons (Fsp3) is 0.500. The summed E-state index contributed by atoms with van der Waals surface area (Å²) < 4.78 is 5.33. The van der Waals surface area contributed by atoms with Crippen LogP contribution >= 0.6 is 0 Å². The van der Waals surface area contributed by atoms with Gasteiger partial charge in [0.05, 0.1) is 7.11 Å². The summed E-state index contributed by atoms with van der Waals surface area (Å²) in [5.74, 6) is 0.481. The van der Waals surface area contributed by atoms with E-state index in [1.165, 1.54) is 37.2 Å². The number of fused-ring (bicyclic) bond motifs is 1. The number of hydrogen-bond donors (Lipinski definition) is 1. The van der Waals surface area contributed by atoms with Gasteiger partial charge in [-0.1, -0.05) is 19.1 Å². The Hall–Kier alpha value is -2.11. The molecule has 0 amide bonds. The van der Waals surface area contributed by atoms with Crippen molar-refractivity contribution in [1.82, 2.24) is 9.88 Å². The number of rotatable bonds is 5. The first-order valence-electron chi connectivity index (χ1n) is 10.00. The molecule has 1 atom stereocenters. The number of likely N-dealkylation sites (tertiary alicyclic amines) is 1. The van der Waals surface area contributed by atoms with Gasteiger partial charge in [-0.3, -0.25) is 0 Å². The standard InChI is InChI=1S/C22H29N3O2/c1-3-24-12-9-18(10-13-24)25-14-8-16-6-7-17(15-20(16)25)21(26)19-5-4-11-23-22(19)27-2/h4-7,11,15,18,21,26H,3,8-10,12-14H2,1-2H3. The molecule has 1 aromatic heterocycles. The number of piperidine rings is 1. The number of methoxy groups -OCH3 is 1. The molecule has 1 saturated heterocycles. The highest BCUT2D eigenvalue weighted by molar-refractivity contribution is 5.61. The molecule has 1 aromatic carbocycles. The van der Waals surface area contributed by atoms with Gasteiger partial charge in [-0.2, -0.15) is 0 Å². The second-order valence-electron chi connectivity index (χ2n) is 7.50. The average molecular weight is 367 g/mol. The van der Waals surface area contributed by atoms with Crippen molar-refractivity contribution >= 4 is 5.69 Å². The largest absolute Gasteiger partial charge is 0.481 e. The second-order valence-corrected chi connectivity index (χ2v) is 7.50. The van der Waals surface area contributed by atoms with Crippen LogP contribution < -0.4 is 9.64 Å². The van der Waals surface area contributed by atoms with E-state index < -0.39 is 6.10 Å². The molecule has 0 saturated carbocycles. The summed E-state index contributed by atoms with van der Waals surface area (Å²) in [5.41, 5.74) is 4.30. The monoisotopic (exact) mass is 367 g/mol. The molecule has 2 aliphatic heterocycles. The molecule has 1 N–H and O–H groups in total. The number of hydrogen-bond acceptors (Lipinski definition) is 5. The van der Waals surface area contributed by atoms with Gasteiger partial charge >= 0.3 is 0 Å². The molecule has 27 heavy (non-hydrogen) atoms. The van der Waals surface area contributed by atoms with Crippen LogP contribution in [0.1, 0.15) is 42.6 Å². The van der Waals surface area contributed by atoms with E-state index in [0.717, 1.165) is 25.1 Å². The molecule has 1 unspecified atom stereocenters. The van der Waals surface area contributed by atoms with Gasteiger partial charge in [-0.15, -0.1) is 0 Å². The summed E-state index contributed by atoms with van der Waals surface area (Å²) in [6.45, 7) is 6.84. The molecule has 0 spiro atoms. The Morgan fingerprint density at radius 2 is 2.04 bits per heavy atom. The number of anilines is 1. The van der Waals surface area contributed by atoms with Crippen molar-refractivity contribution in [1.29, 1.82) is 0 Å². The van der Waals surface area contributed by atoms with Crippen molar-refractivity contribution in [2.45, 2.75) is 38.3 Å². The number of ether oxygens (including phenoxy) is 1. The van der Waals surface area contributed by atoms with Crippen molar-refractivity contribution in [3.63, 3.8) is 0 Å². The van der Waals surface area contributed by atoms with Gasteiger partial charge in [0.25, 0.3) is 0 Å². The van der Waals surface area contributed by atoms with Crippen LogP contribution in [0.15, 0.2) is 36.5 Å². The van der Waals surface area contributed by atoms with Gasteiger partial charge in [0.2, 0.25) is 5.88 Å². The minimum absolute atomic E-state index is 0.481. The lowest BCUT2D eigenvalue weighted by molar-refractivity contribution is 0.213. The van der Waals surface area contributed by atoms with Crippen molar-refractivity contribution < 1.29 is 9.84 Å². The fourth-order valence-electron chi connectivity index (χ4n) is 4.48. The van der Waals surface area contributed by atoms with Crippen LogP contribution in [0.25, 0.3) is 0 Å². The lowest BCUT2D eigenvalue weighted by Gasteiger charge is -2.37. The number of pyridine rings is 1. The van der Waals surface area contributed by atoms with Crippen molar-refractivity contribution in [3.05, 3.63) is 53.2 Å². The lowest BCUT2D eigenvalue weighted by Crippen LogP contribution is -2.44. The number of benzene rings is 1. The Balaban J connectivity index is 1.58. The van der Waals surface area contributed by atoms with Crippen LogP contribution in [-0.2, 0) is 6.42 Å². The maximum atomic E-state index is 11.0. The van der Waals surface area contributed by atoms with Gasteiger partial charge in [-0.25, -0.2) is 4.98 Å². The van der Waals surface area contributed by atoms with Gasteiger partial charge in [0.1, 0.15) is 6.10 Å². The van der Waals surface area contributed by atoms with Gasteiger partial charge in [-0.05, 0) is 55.1 Å². The lowest BCUT2D eigenvalue weighted by atomic mass is 9.99. The third-order valence-corrected chi connectivity index (χ3v) is 6.09. The summed E-state index contributed by atoms with van der Waals surface area (Å²) in [5, 5.41) is 11.0. The van der Waals surface area contributed by atoms with E-state index in [9.17, 15) is 5.11 Å². The van der Waals surface area contributed by atoms with Gasteiger partial charge in [0.15, 0.2) is 0 Å². The summed E-state index contributed by atoms with van der Waals surface area (Å²) in [4.78, 5) is 9.32. The molecule has 0 radical (unpaired) electrons. The van der Waals surface area contributed by atoms with E-state index >= 15 is 0 Å². The molecule has 2 aromatic rings. The normalized spacial score (nSPS) is 19.1. The molecule has 2 aliphatic rings. The first-order valence-corrected chi connectivity index (χ1v) is 10.00. The Morgan fingerprint density at radius 1 is 1.22 bits per heavy atom. The SMILES string of the molecule is CCN1CCC(N2CCc3ccc(C(O)c4cccnc4OC)cc32)CC1. The predicted octanol–water partition coefficient (Wildman–Crippen LogP) is 3.02. The Morgan fingerprint density at radius 3 is 2.78 bits per heavy atom. The summed E-state index contributed by atoms with van der Waals surface area (Å²) in [7, 11) is 1.59. The molecule has 5 nitrogen and oxygen atoms in total. The fourth-order valence-corrected chi connectivity index (χ4v) is 4.48. The molecule has 1 fully saturated rings. The van der Waals surface area contributed by atoms with E-state index in [4.69, 9.17) is 4.74 Å². The van der Waals surface area contributed by atoms with Crippen LogP contribution in [0.4, 0.5) is 5.69 Å². The highest BCUT2D eigenvalue weighted by Crippen LogP contribution is 2.37. The number of aliphatic hydroxyl groups is 1. The summed E-state index contributed by atoms with van der Waals surface area (Å²) in [6, 6.07) is 10.7. The minimum atomic E-state index is -0.733. The smallest absolute Gasteiger partial charge is 0.219 e. The molecule has 3 heterocycles. The Bertz CT molecular complexity index is 787. The third kappa shape index (κ3) is 3.54. The number of aromatic nitrogens is 1. The van der Waals surface area contributed by atoms with Crippen LogP contribution in [0.2, 0.25) is 0 Å². The predicted molar refractivity (Wildman–Crippen MR) is 107 cm³/mol. The molecule has 0 aliphatic carbocycles. The average Bonchev–Trinajstić information content (AvgIpc) is 3.16.